The van der Waals surface area contributed by atoms with Gasteiger partial charge in [0.05, 0.1) is 5.56 Å². The molecule has 4 heteroatoms. The maximum Gasteiger partial charge on any atom is 0.248 e. The van der Waals surface area contributed by atoms with Gasteiger partial charge in [0.2, 0.25) is 11.8 Å². The zero-order chi connectivity index (χ0) is 11.7. The van der Waals surface area contributed by atoms with Crippen LogP contribution < -0.4 is 0 Å². The topological polar surface area (TPSA) is 38.9 Å². The number of aryl methyl sites for hydroxylation is 1. The third-order valence-corrected chi connectivity index (χ3v) is 3.41. The summed E-state index contributed by atoms with van der Waals surface area (Å²) in [5.74, 6) is 1.49. The molecule has 0 amide bonds. The molecule has 0 unspecified atom stereocenters. The normalized spacial score (nSPS) is 11.1. The molecule has 0 N–H and O–H groups in total. The standard InChI is InChI=1S/C12H13BrN2O/c1-7(2)11-14-15-12(16-11)9-6-4-5-8(3)10(9)13/h4-7H,1-3H3. The molecular weight excluding hydrogens is 268 g/mol. The summed E-state index contributed by atoms with van der Waals surface area (Å²) in [4.78, 5) is 0. The summed E-state index contributed by atoms with van der Waals surface area (Å²) in [5.41, 5.74) is 2.10. The van der Waals surface area contributed by atoms with E-state index in [1.54, 1.807) is 0 Å². The van der Waals surface area contributed by atoms with Crippen molar-refractivity contribution in [3.8, 4) is 11.5 Å². The van der Waals surface area contributed by atoms with E-state index in [1.165, 1.54) is 0 Å². The van der Waals surface area contributed by atoms with Crippen LogP contribution in [0.25, 0.3) is 11.5 Å². The molecular formula is C12H13BrN2O. The maximum absolute atomic E-state index is 5.61. The number of aromatic nitrogens is 2. The lowest BCUT2D eigenvalue weighted by Gasteiger charge is -2.02. The molecule has 16 heavy (non-hydrogen) atoms. The molecule has 1 aromatic carbocycles. The maximum atomic E-state index is 5.61. The number of halogens is 1. The van der Waals surface area contributed by atoms with Gasteiger partial charge >= 0.3 is 0 Å². The van der Waals surface area contributed by atoms with Gasteiger partial charge in [0.1, 0.15) is 0 Å². The summed E-state index contributed by atoms with van der Waals surface area (Å²) >= 11 is 3.54. The highest BCUT2D eigenvalue weighted by Gasteiger charge is 2.14. The Labute approximate surface area is 103 Å². The van der Waals surface area contributed by atoms with E-state index < -0.39 is 0 Å². The van der Waals surface area contributed by atoms with E-state index in [0.717, 1.165) is 15.6 Å². The van der Waals surface area contributed by atoms with E-state index in [9.17, 15) is 0 Å². The molecule has 1 aromatic heterocycles. The van der Waals surface area contributed by atoms with Crippen LogP contribution in [0.4, 0.5) is 0 Å². The monoisotopic (exact) mass is 280 g/mol. The minimum Gasteiger partial charge on any atom is -0.420 e. The van der Waals surface area contributed by atoms with Crippen LogP contribution in [0.5, 0.6) is 0 Å². The zero-order valence-corrected chi connectivity index (χ0v) is 11.1. The van der Waals surface area contributed by atoms with Crippen LogP contribution in [0.2, 0.25) is 0 Å². The molecule has 0 spiro atoms. The van der Waals surface area contributed by atoms with Crippen molar-refractivity contribution in [3.63, 3.8) is 0 Å². The lowest BCUT2D eigenvalue weighted by atomic mass is 10.1. The summed E-state index contributed by atoms with van der Waals surface area (Å²) in [7, 11) is 0. The lowest BCUT2D eigenvalue weighted by Crippen LogP contribution is -1.85. The molecule has 2 aromatic rings. The lowest BCUT2D eigenvalue weighted by molar-refractivity contribution is 0.481. The highest BCUT2D eigenvalue weighted by molar-refractivity contribution is 9.10. The molecule has 0 atom stereocenters. The van der Waals surface area contributed by atoms with Crippen LogP contribution in [0.15, 0.2) is 27.1 Å². The average Bonchev–Trinajstić information content (AvgIpc) is 2.71. The number of benzene rings is 1. The van der Waals surface area contributed by atoms with Crippen molar-refractivity contribution in [2.45, 2.75) is 26.7 Å². The van der Waals surface area contributed by atoms with E-state index in [4.69, 9.17) is 4.42 Å². The van der Waals surface area contributed by atoms with Gasteiger partial charge < -0.3 is 4.42 Å². The molecule has 0 bridgehead atoms. The Morgan fingerprint density at radius 1 is 1.25 bits per heavy atom. The van der Waals surface area contributed by atoms with Gasteiger partial charge in [-0.15, -0.1) is 10.2 Å². The van der Waals surface area contributed by atoms with Crippen LogP contribution in [-0.4, -0.2) is 10.2 Å². The van der Waals surface area contributed by atoms with Gasteiger partial charge in [0, 0.05) is 10.4 Å². The SMILES string of the molecule is Cc1cccc(-c2nnc(C(C)C)o2)c1Br. The molecule has 84 valence electrons. The van der Waals surface area contributed by atoms with Gasteiger partial charge in [-0.2, -0.15) is 0 Å². The summed E-state index contributed by atoms with van der Waals surface area (Å²) in [5, 5.41) is 8.09. The van der Waals surface area contributed by atoms with Crippen molar-refractivity contribution in [3.05, 3.63) is 34.1 Å². The second kappa shape index (κ2) is 4.37. The van der Waals surface area contributed by atoms with Gasteiger partial charge in [-0.3, -0.25) is 0 Å². The van der Waals surface area contributed by atoms with Crippen molar-refractivity contribution in [1.82, 2.24) is 10.2 Å². The minimum atomic E-state index is 0.254. The minimum absolute atomic E-state index is 0.254. The zero-order valence-electron chi connectivity index (χ0n) is 9.49. The average molecular weight is 281 g/mol. The summed E-state index contributed by atoms with van der Waals surface area (Å²) < 4.78 is 6.62. The third kappa shape index (κ3) is 2.02. The smallest absolute Gasteiger partial charge is 0.248 e. The first kappa shape index (κ1) is 11.3. The largest absolute Gasteiger partial charge is 0.420 e. The molecule has 2 rings (SSSR count). The van der Waals surface area contributed by atoms with E-state index in [2.05, 4.69) is 26.1 Å². The first-order valence-electron chi connectivity index (χ1n) is 5.18. The van der Waals surface area contributed by atoms with Crippen LogP contribution in [-0.2, 0) is 0 Å². The fourth-order valence-electron chi connectivity index (χ4n) is 1.39. The van der Waals surface area contributed by atoms with Gasteiger partial charge in [0.25, 0.3) is 0 Å². The molecule has 0 aliphatic rings. The van der Waals surface area contributed by atoms with Crippen molar-refractivity contribution in [1.29, 1.82) is 0 Å². The van der Waals surface area contributed by atoms with E-state index >= 15 is 0 Å². The van der Waals surface area contributed by atoms with Crippen LogP contribution in [0, 0.1) is 6.92 Å². The first-order valence-corrected chi connectivity index (χ1v) is 5.97. The van der Waals surface area contributed by atoms with Crippen molar-refractivity contribution < 1.29 is 4.42 Å². The molecule has 0 radical (unpaired) electrons. The van der Waals surface area contributed by atoms with Gasteiger partial charge in [-0.1, -0.05) is 26.0 Å². The summed E-state index contributed by atoms with van der Waals surface area (Å²) in [6.45, 7) is 6.10. The molecule has 0 aliphatic carbocycles. The fraction of sp³-hybridized carbons (Fsp3) is 0.333. The number of nitrogens with zero attached hydrogens (tertiary/aromatic N) is 2. The Bertz CT molecular complexity index is 505. The van der Waals surface area contributed by atoms with Crippen LogP contribution >= 0.6 is 15.9 Å². The molecule has 0 aliphatic heterocycles. The van der Waals surface area contributed by atoms with E-state index in [1.807, 2.05) is 39.0 Å². The molecule has 0 fully saturated rings. The highest BCUT2D eigenvalue weighted by Crippen LogP contribution is 2.30. The molecule has 0 saturated heterocycles. The van der Waals surface area contributed by atoms with Crippen molar-refractivity contribution >= 4 is 15.9 Å². The highest BCUT2D eigenvalue weighted by atomic mass is 79.9. The summed E-state index contributed by atoms with van der Waals surface area (Å²) in [6.07, 6.45) is 0. The fourth-order valence-corrected chi connectivity index (χ4v) is 1.82. The van der Waals surface area contributed by atoms with Gasteiger partial charge in [-0.25, -0.2) is 0 Å². The Hall–Kier alpha value is -1.16. The van der Waals surface area contributed by atoms with Crippen LogP contribution in [0.1, 0.15) is 31.2 Å². The first-order chi connectivity index (χ1) is 7.59. The quantitative estimate of drug-likeness (QED) is 0.837. The second-order valence-corrected chi connectivity index (χ2v) is 4.83. The summed E-state index contributed by atoms with van der Waals surface area (Å²) in [6, 6.07) is 5.98. The number of rotatable bonds is 2. The predicted octanol–water partition coefficient (Wildman–Crippen LogP) is 3.93. The molecule has 3 nitrogen and oxygen atoms in total. The van der Waals surface area contributed by atoms with E-state index in [0.29, 0.717) is 11.8 Å². The molecule has 0 saturated carbocycles. The Balaban J connectivity index is 2.47. The Morgan fingerprint density at radius 2 is 2.00 bits per heavy atom. The van der Waals surface area contributed by atoms with E-state index in [-0.39, 0.29) is 5.92 Å². The van der Waals surface area contributed by atoms with Crippen molar-refractivity contribution in [2.24, 2.45) is 0 Å². The predicted molar refractivity (Wildman–Crippen MR) is 66.3 cm³/mol. The second-order valence-electron chi connectivity index (χ2n) is 4.04. The van der Waals surface area contributed by atoms with Crippen LogP contribution in [0.3, 0.4) is 0 Å². The van der Waals surface area contributed by atoms with Crippen molar-refractivity contribution in [2.75, 3.05) is 0 Å². The Morgan fingerprint density at radius 3 is 2.62 bits per heavy atom. The third-order valence-electron chi connectivity index (χ3n) is 2.36. The van der Waals surface area contributed by atoms with Gasteiger partial charge in [0.15, 0.2) is 0 Å². The number of hydrogen-bond acceptors (Lipinski definition) is 3. The Kier molecular flexibility index (Phi) is 3.10. The number of hydrogen-bond donors (Lipinski definition) is 0. The van der Waals surface area contributed by atoms with Gasteiger partial charge in [-0.05, 0) is 34.5 Å². The molecule has 1 heterocycles.